The number of hydrogen-bond acceptors (Lipinski definition) is 3. The fourth-order valence-corrected chi connectivity index (χ4v) is 2.03. The highest BCUT2D eigenvalue weighted by Gasteiger charge is 2.22. The van der Waals surface area contributed by atoms with E-state index in [4.69, 9.17) is 0 Å². The molecule has 82 valence electrons. The molecule has 0 amide bonds. The maximum atomic E-state index is 9.24. The van der Waals surface area contributed by atoms with Crippen LogP contribution in [0.3, 0.4) is 0 Å². The summed E-state index contributed by atoms with van der Waals surface area (Å²) in [6.07, 6.45) is 0. The first-order chi connectivity index (χ1) is 7.16. The lowest BCUT2D eigenvalue weighted by molar-refractivity contribution is 0.425. The van der Waals surface area contributed by atoms with Crippen LogP contribution in [0.1, 0.15) is 13.8 Å². The summed E-state index contributed by atoms with van der Waals surface area (Å²) in [5.74, 6) is 0.328. The minimum Gasteiger partial charge on any atom is -0.508 e. The maximum Gasteiger partial charge on any atom is 0.115 e. The van der Waals surface area contributed by atoms with E-state index in [-0.39, 0.29) is 0 Å². The van der Waals surface area contributed by atoms with Crippen LogP contribution < -0.4 is 10.2 Å². The van der Waals surface area contributed by atoms with Crippen LogP contribution in [-0.2, 0) is 0 Å². The summed E-state index contributed by atoms with van der Waals surface area (Å²) < 4.78 is 0. The summed E-state index contributed by atoms with van der Waals surface area (Å²) >= 11 is 0. The molecule has 0 unspecified atom stereocenters. The molecule has 2 N–H and O–H groups in total. The van der Waals surface area contributed by atoms with Crippen LogP contribution in [-0.4, -0.2) is 30.3 Å². The molecule has 15 heavy (non-hydrogen) atoms. The van der Waals surface area contributed by atoms with Gasteiger partial charge >= 0.3 is 0 Å². The number of hydrogen-bond donors (Lipinski definition) is 2. The second-order valence-electron chi connectivity index (χ2n) is 4.33. The highest BCUT2D eigenvalue weighted by molar-refractivity contribution is 5.50. The molecule has 1 saturated heterocycles. The first-order valence-electron chi connectivity index (χ1n) is 5.46. The predicted molar refractivity (Wildman–Crippen MR) is 62.4 cm³/mol. The van der Waals surface area contributed by atoms with Crippen molar-refractivity contribution < 1.29 is 5.11 Å². The van der Waals surface area contributed by atoms with Crippen molar-refractivity contribution in [3.63, 3.8) is 0 Å². The Labute approximate surface area is 90.7 Å². The van der Waals surface area contributed by atoms with E-state index in [1.807, 2.05) is 12.1 Å². The fraction of sp³-hybridized carbons (Fsp3) is 0.500. The van der Waals surface area contributed by atoms with Gasteiger partial charge in [-0.1, -0.05) is 0 Å². The van der Waals surface area contributed by atoms with E-state index in [1.165, 1.54) is 5.69 Å². The van der Waals surface area contributed by atoms with E-state index < -0.39 is 0 Å². The Morgan fingerprint density at radius 3 is 2.60 bits per heavy atom. The molecule has 3 nitrogen and oxygen atoms in total. The predicted octanol–water partition coefficient (Wildman–Crippen LogP) is 1.58. The Morgan fingerprint density at radius 1 is 1.27 bits per heavy atom. The van der Waals surface area contributed by atoms with Crippen LogP contribution >= 0.6 is 0 Å². The number of rotatable bonds is 1. The third kappa shape index (κ3) is 2.23. The van der Waals surface area contributed by atoms with Crippen molar-refractivity contribution in [3.05, 3.63) is 24.3 Å². The number of phenols is 1. The molecule has 1 heterocycles. The quantitative estimate of drug-likeness (QED) is 0.732. The maximum absolute atomic E-state index is 9.24. The average Bonchev–Trinajstić information content (AvgIpc) is 2.23. The van der Waals surface area contributed by atoms with E-state index in [9.17, 15) is 5.11 Å². The molecule has 0 saturated carbocycles. The van der Waals surface area contributed by atoms with Crippen molar-refractivity contribution in [1.82, 2.24) is 5.32 Å². The number of piperazine rings is 1. The number of nitrogens with zero attached hydrogens (tertiary/aromatic N) is 1. The minimum atomic E-state index is 0.328. The Balaban J connectivity index is 2.17. The zero-order valence-electron chi connectivity index (χ0n) is 9.27. The van der Waals surface area contributed by atoms with Gasteiger partial charge in [0.25, 0.3) is 0 Å². The summed E-state index contributed by atoms with van der Waals surface area (Å²) in [6.45, 7) is 6.44. The Kier molecular flexibility index (Phi) is 2.82. The smallest absolute Gasteiger partial charge is 0.115 e. The summed E-state index contributed by atoms with van der Waals surface area (Å²) in [6, 6.07) is 8.47. The largest absolute Gasteiger partial charge is 0.508 e. The van der Waals surface area contributed by atoms with E-state index in [0.29, 0.717) is 17.8 Å². The zero-order chi connectivity index (χ0) is 10.8. The minimum absolute atomic E-state index is 0.328. The summed E-state index contributed by atoms with van der Waals surface area (Å²) in [7, 11) is 0. The van der Waals surface area contributed by atoms with Gasteiger partial charge in [-0.25, -0.2) is 0 Å². The van der Waals surface area contributed by atoms with E-state index in [2.05, 4.69) is 24.1 Å². The van der Waals surface area contributed by atoms with Gasteiger partial charge in [0.2, 0.25) is 0 Å². The van der Waals surface area contributed by atoms with Crippen molar-refractivity contribution in [2.24, 2.45) is 0 Å². The second kappa shape index (κ2) is 4.11. The second-order valence-corrected chi connectivity index (χ2v) is 4.33. The lowest BCUT2D eigenvalue weighted by Gasteiger charge is -2.39. The van der Waals surface area contributed by atoms with Crippen molar-refractivity contribution in [3.8, 4) is 5.75 Å². The first kappa shape index (κ1) is 10.3. The van der Waals surface area contributed by atoms with Crippen molar-refractivity contribution >= 4 is 5.69 Å². The molecule has 1 aromatic carbocycles. The van der Waals surface area contributed by atoms with Crippen LogP contribution in [0.4, 0.5) is 5.69 Å². The van der Waals surface area contributed by atoms with E-state index >= 15 is 0 Å². The van der Waals surface area contributed by atoms with Gasteiger partial charge in [-0.2, -0.15) is 0 Å². The number of phenolic OH excluding ortho intramolecular Hbond substituents is 1. The Bertz CT molecular complexity index is 323. The summed E-state index contributed by atoms with van der Waals surface area (Å²) in [5.41, 5.74) is 1.19. The molecule has 2 atom stereocenters. The number of benzene rings is 1. The van der Waals surface area contributed by atoms with E-state index in [1.54, 1.807) is 12.1 Å². The molecular formula is C12H18N2O. The summed E-state index contributed by atoms with van der Waals surface area (Å²) in [4.78, 5) is 2.38. The van der Waals surface area contributed by atoms with Crippen molar-refractivity contribution in [2.45, 2.75) is 25.9 Å². The Morgan fingerprint density at radius 2 is 1.93 bits per heavy atom. The van der Waals surface area contributed by atoms with Crippen molar-refractivity contribution in [1.29, 1.82) is 0 Å². The monoisotopic (exact) mass is 206 g/mol. The van der Waals surface area contributed by atoms with Crippen LogP contribution in [0.25, 0.3) is 0 Å². The van der Waals surface area contributed by atoms with Gasteiger partial charge in [-0.05, 0) is 38.1 Å². The van der Waals surface area contributed by atoms with Gasteiger partial charge in [-0.15, -0.1) is 0 Å². The topological polar surface area (TPSA) is 35.5 Å². The Hall–Kier alpha value is -1.22. The van der Waals surface area contributed by atoms with Crippen LogP contribution in [0.5, 0.6) is 5.75 Å². The number of nitrogens with one attached hydrogen (secondary N) is 1. The molecule has 1 aliphatic heterocycles. The lowest BCUT2D eigenvalue weighted by atomic mass is 10.1. The first-order valence-corrected chi connectivity index (χ1v) is 5.46. The van der Waals surface area contributed by atoms with Gasteiger partial charge < -0.3 is 15.3 Å². The third-order valence-electron chi connectivity index (χ3n) is 2.95. The highest BCUT2D eigenvalue weighted by atomic mass is 16.3. The highest BCUT2D eigenvalue weighted by Crippen LogP contribution is 2.22. The molecule has 0 spiro atoms. The average molecular weight is 206 g/mol. The van der Waals surface area contributed by atoms with Gasteiger partial charge in [-0.3, -0.25) is 0 Å². The van der Waals surface area contributed by atoms with Gasteiger partial charge in [0.15, 0.2) is 0 Å². The molecule has 1 fully saturated rings. The lowest BCUT2D eigenvalue weighted by Crippen LogP contribution is -2.54. The van der Waals surface area contributed by atoms with Gasteiger partial charge in [0.1, 0.15) is 5.75 Å². The number of anilines is 1. The fourth-order valence-electron chi connectivity index (χ4n) is 2.03. The standard InChI is InChI=1S/C12H18N2O/c1-9-8-14(10(2)7-13-9)11-3-5-12(15)6-4-11/h3-6,9-10,13,15H,7-8H2,1-2H3/t9-,10+/m1/s1. The van der Waals surface area contributed by atoms with Crippen LogP contribution in [0.2, 0.25) is 0 Å². The molecule has 0 bridgehead atoms. The molecule has 0 radical (unpaired) electrons. The molecular weight excluding hydrogens is 188 g/mol. The molecule has 0 aromatic heterocycles. The normalized spacial score (nSPS) is 26.7. The van der Waals surface area contributed by atoms with Crippen LogP contribution in [0, 0.1) is 0 Å². The van der Waals surface area contributed by atoms with Crippen molar-refractivity contribution in [2.75, 3.05) is 18.0 Å². The number of aromatic hydroxyl groups is 1. The molecule has 2 rings (SSSR count). The molecule has 1 aliphatic rings. The van der Waals surface area contributed by atoms with Gasteiger partial charge in [0.05, 0.1) is 0 Å². The van der Waals surface area contributed by atoms with Gasteiger partial charge in [0, 0.05) is 30.9 Å². The van der Waals surface area contributed by atoms with E-state index in [0.717, 1.165) is 13.1 Å². The molecule has 1 aromatic rings. The zero-order valence-corrected chi connectivity index (χ0v) is 9.27. The SMILES string of the molecule is C[C@@H]1CN(c2ccc(O)cc2)[C@@H](C)CN1. The third-order valence-corrected chi connectivity index (χ3v) is 2.95. The van der Waals surface area contributed by atoms with Crippen LogP contribution in [0.15, 0.2) is 24.3 Å². The molecule has 0 aliphatic carbocycles. The molecule has 3 heteroatoms. The summed E-state index contributed by atoms with van der Waals surface area (Å²) in [5, 5.41) is 12.7.